The maximum atomic E-state index is 13.1. The Labute approximate surface area is 215 Å². The largest absolute Gasteiger partial charge is 0.384 e. The molecule has 0 aromatic heterocycles. The standard InChI is InChI=1S/C31H38N4O/c1-23-18-24(2)20-28(19-23)25-8-10-30(35-16-12-32-13-17-35)26(21-25)9-11-31(36)27-6-5-7-29(22-27)33-14-15-34(3)4/h5-11,18-22,32-33H,12-17H2,1-4H3. The van der Waals surface area contributed by atoms with Crippen LogP contribution in [-0.4, -0.2) is 64.0 Å². The molecule has 3 aromatic carbocycles. The van der Waals surface area contributed by atoms with Crippen molar-refractivity contribution in [3.8, 4) is 11.1 Å². The highest BCUT2D eigenvalue weighted by molar-refractivity contribution is 6.07. The number of benzene rings is 3. The average Bonchev–Trinajstić information content (AvgIpc) is 2.87. The van der Waals surface area contributed by atoms with Gasteiger partial charge in [-0.3, -0.25) is 4.79 Å². The minimum absolute atomic E-state index is 0.00863. The molecule has 1 heterocycles. The lowest BCUT2D eigenvalue weighted by Crippen LogP contribution is -2.43. The van der Waals surface area contributed by atoms with Gasteiger partial charge < -0.3 is 20.4 Å². The smallest absolute Gasteiger partial charge is 0.185 e. The summed E-state index contributed by atoms with van der Waals surface area (Å²) >= 11 is 0. The van der Waals surface area contributed by atoms with Gasteiger partial charge in [-0.25, -0.2) is 0 Å². The highest BCUT2D eigenvalue weighted by atomic mass is 16.1. The van der Waals surface area contributed by atoms with Crippen LogP contribution in [0.3, 0.4) is 0 Å². The van der Waals surface area contributed by atoms with E-state index in [0.717, 1.165) is 50.5 Å². The first-order valence-electron chi connectivity index (χ1n) is 12.8. The number of likely N-dealkylation sites (N-methyl/N-ethyl adjacent to an activating group) is 1. The summed E-state index contributed by atoms with van der Waals surface area (Å²) in [7, 11) is 4.10. The number of rotatable bonds is 9. The van der Waals surface area contributed by atoms with Gasteiger partial charge in [0.05, 0.1) is 0 Å². The van der Waals surface area contributed by atoms with Crippen molar-refractivity contribution in [2.75, 3.05) is 63.6 Å². The van der Waals surface area contributed by atoms with Crippen molar-refractivity contribution in [1.82, 2.24) is 10.2 Å². The molecule has 1 saturated heterocycles. The van der Waals surface area contributed by atoms with Crippen molar-refractivity contribution in [2.24, 2.45) is 0 Å². The van der Waals surface area contributed by atoms with Crippen LogP contribution in [0.1, 0.15) is 27.0 Å². The molecule has 0 saturated carbocycles. The molecule has 0 unspecified atom stereocenters. The van der Waals surface area contributed by atoms with E-state index in [2.05, 4.69) is 84.8 Å². The van der Waals surface area contributed by atoms with Gasteiger partial charge in [-0.05, 0) is 81.1 Å². The summed E-state index contributed by atoms with van der Waals surface area (Å²) in [6, 6.07) is 21.0. The minimum Gasteiger partial charge on any atom is -0.384 e. The van der Waals surface area contributed by atoms with Crippen molar-refractivity contribution < 1.29 is 4.79 Å². The number of piperazine rings is 1. The van der Waals surface area contributed by atoms with E-state index in [9.17, 15) is 4.79 Å². The van der Waals surface area contributed by atoms with Crippen molar-refractivity contribution in [3.05, 3.63) is 89.0 Å². The molecule has 0 amide bonds. The van der Waals surface area contributed by atoms with Crippen LogP contribution < -0.4 is 15.5 Å². The van der Waals surface area contributed by atoms with Gasteiger partial charge in [0.1, 0.15) is 0 Å². The Hall–Kier alpha value is -3.41. The molecule has 0 spiro atoms. The Morgan fingerprint density at radius 2 is 1.72 bits per heavy atom. The van der Waals surface area contributed by atoms with Crippen LogP contribution in [0.2, 0.25) is 0 Å². The molecule has 188 valence electrons. The lowest BCUT2D eigenvalue weighted by Gasteiger charge is -2.31. The molecule has 5 nitrogen and oxygen atoms in total. The lowest BCUT2D eigenvalue weighted by atomic mass is 9.97. The fraction of sp³-hybridized carbons (Fsp3) is 0.323. The topological polar surface area (TPSA) is 47.6 Å². The number of hydrogen-bond donors (Lipinski definition) is 2. The summed E-state index contributed by atoms with van der Waals surface area (Å²) in [6.07, 6.45) is 3.70. The fourth-order valence-corrected chi connectivity index (χ4v) is 4.67. The zero-order valence-corrected chi connectivity index (χ0v) is 22.0. The minimum atomic E-state index is 0.00863. The molecule has 1 aliphatic rings. The van der Waals surface area contributed by atoms with Crippen molar-refractivity contribution in [1.29, 1.82) is 0 Å². The van der Waals surface area contributed by atoms with E-state index in [0.29, 0.717) is 5.56 Å². The van der Waals surface area contributed by atoms with Gasteiger partial charge in [-0.1, -0.05) is 47.5 Å². The van der Waals surface area contributed by atoms with Crippen LogP contribution >= 0.6 is 0 Å². The number of anilines is 2. The van der Waals surface area contributed by atoms with Crippen LogP contribution in [0.15, 0.2) is 66.7 Å². The molecule has 0 radical (unpaired) electrons. The Balaban J connectivity index is 1.61. The molecule has 0 atom stereocenters. The number of carbonyl (C=O) groups excluding carboxylic acids is 1. The highest BCUT2D eigenvalue weighted by Gasteiger charge is 2.15. The number of hydrogen-bond acceptors (Lipinski definition) is 5. The Kier molecular flexibility index (Phi) is 8.57. The van der Waals surface area contributed by atoms with Crippen molar-refractivity contribution >= 4 is 23.2 Å². The molecule has 0 bridgehead atoms. The number of aryl methyl sites for hydroxylation is 2. The summed E-state index contributed by atoms with van der Waals surface area (Å²) in [5, 5.41) is 6.83. The summed E-state index contributed by atoms with van der Waals surface area (Å²) in [6.45, 7) is 9.88. The van der Waals surface area contributed by atoms with E-state index < -0.39 is 0 Å². The number of allylic oxidation sites excluding steroid dienone is 1. The third-order valence-corrected chi connectivity index (χ3v) is 6.49. The molecule has 4 rings (SSSR count). The summed E-state index contributed by atoms with van der Waals surface area (Å²) in [4.78, 5) is 17.7. The predicted molar refractivity (Wildman–Crippen MR) is 153 cm³/mol. The molecule has 0 aliphatic carbocycles. The first-order valence-corrected chi connectivity index (χ1v) is 12.8. The predicted octanol–water partition coefficient (Wildman–Crippen LogP) is 5.25. The lowest BCUT2D eigenvalue weighted by molar-refractivity contribution is 0.104. The van der Waals surface area contributed by atoms with E-state index in [1.165, 1.54) is 27.9 Å². The molecule has 5 heteroatoms. The number of nitrogens with one attached hydrogen (secondary N) is 2. The van der Waals surface area contributed by atoms with Crippen LogP contribution in [-0.2, 0) is 0 Å². The highest BCUT2D eigenvalue weighted by Crippen LogP contribution is 2.30. The quantitative estimate of drug-likeness (QED) is 0.322. The van der Waals surface area contributed by atoms with Gasteiger partial charge in [0, 0.05) is 56.2 Å². The number of ketones is 1. The second-order valence-corrected chi connectivity index (χ2v) is 9.90. The molecule has 2 N–H and O–H groups in total. The monoisotopic (exact) mass is 482 g/mol. The van der Waals surface area contributed by atoms with E-state index in [-0.39, 0.29) is 5.78 Å². The average molecular weight is 483 g/mol. The second-order valence-electron chi connectivity index (χ2n) is 9.90. The van der Waals surface area contributed by atoms with E-state index >= 15 is 0 Å². The van der Waals surface area contributed by atoms with Crippen LogP contribution in [0.25, 0.3) is 17.2 Å². The van der Waals surface area contributed by atoms with Crippen LogP contribution in [0.4, 0.5) is 11.4 Å². The maximum absolute atomic E-state index is 13.1. The SMILES string of the molecule is Cc1cc(C)cc(-c2ccc(N3CCNCC3)c(C=CC(=O)c3cccc(NCCN(C)C)c3)c2)c1. The summed E-state index contributed by atoms with van der Waals surface area (Å²) < 4.78 is 0. The first-order chi connectivity index (χ1) is 17.4. The molecule has 1 fully saturated rings. The Bertz CT molecular complexity index is 1200. The maximum Gasteiger partial charge on any atom is 0.185 e. The fourth-order valence-electron chi connectivity index (χ4n) is 4.67. The zero-order chi connectivity index (χ0) is 25.5. The molecule has 36 heavy (non-hydrogen) atoms. The van der Waals surface area contributed by atoms with Gasteiger partial charge >= 0.3 is 0 Å². The molecule has 3 aromatic rings. The van der Waals surface area contributed by atoms with E-state index in [4.69, 9.17) is 0 Å². The van der Waals surface area contributed by atoms with Gasteiger partial charge in [-0.15, -0.1) is 0 Å². The third-order valence-electron chi connectivity index (χ3n) is 6.49. The Morgan fingerprint density at radius 1 is 0.972 bits per heavy atom. The van der Waals surface area contributed by atoms with E-state index in [1.807, 2.05) is 30.3 Å². The third kappa shape index (κ3) is 6.84. The van der Waals surface area contributed by atoms with Gasteiger partial charge in [0.2, 0.25) is 0 Å². The van der Waals surface area contributed by atoms with E-state index in [1.54, 1.807) is 6.08 Å². The van der Waals surface area contributed by atoms with Crippen molar-refractivity contribution in [3.63, 3.8) is 0 Å². The molecular formula is C31H38N4O. The van der Waals surface area contributed by atoms with Gasteiger partial charge in [-0.2, -0.15) is 0 Å². The van der Waals surface area contributed by atoms with Crippen LogP contribution in [0, 0.1) is 13.8 Å². The normalized spacial score (nSPS) is 14.0. The first kappa shape index (κ1) is 25.7. The molecule has 1 aliphatic heterocycles. The van der Waals surface area contributed by atoms with Crippen molar-refractivity contribution in [2.45, 2.75) is 13.8 Å². The number of nitrogens with zero attached hydrogens (tertiary/aromatic N) is 2. The summed E-state index contributed by atoms with van der Waals surface area (Å²) in [5.74, 6) is 0.00863. The van der Waals surface area contributed by atoms with Gasteiger partial charge in [0.15, 0.2) is 5.78 Å². The second kappa shape index (κ2) is 12.0. The van der Waals surface area contributed by atoms with Gasteiger partial charge in [0.25, 0.3) is 0 Å². The zero-order valence-electron chi connectivity index (χ0n) is 22.0. The summed E-state index contributed by atoms with van der Waals surface area (Å²) in [5.41, 5.74) is 8.78. The van der Waals surface area contributed by atoms with Crippen LogP contribution in [0.5, 0.6) is 0 Å². The molecular weight excluding hydrogens is 444 g/mol. The Morgan fingerprint density at radius 3 is 2.44 bits per heavy atom. The number of carbonyl (C=O) groups is 1.